The van der Waals surface area contributed by atoms with Crippen molar-refractivity contribution in [3.05, 3.63) is 82.2 Å². The minimum absolute atomic E-state index is 0.100. The lowest BCUT2D eigenvalue weighted by Gasteiger charge is -2.00. The molecule has 0 bridgehead atoms. The average molecular weight is 370 g/mol. The van der Waals surface area contributed by atoms with E-state index in [2.05, 4.69) is 26.9 Å². The van der Waals surface area contributed by atoms with E-state index in [0.29, 0.717) is 11.0 Å². The van der Waals surface area contributed by atoms with Gasteiger partial charge in [0.25, 0.3) is 5.56 Å². The number of hydrogen-bond acceptors (Lipinski definition) is 3. The summed E-state index contributed by atoms with van der Waals surface area (Å²) in [6, 6.07) is 15.9. The van der Waals surface area contributed by atoms with Crippen molar-refractivity contribution in [1.82, 2.24) is 19.9 Å². The Labute approximate surface area is 163 Å². The van der Waals surface area contributed by atoms with E-state index in [1.807, 2.05) is 60.7 Å². The summed E-state index contributed by atoms with van der Waals surface area (Å²) in [5, 5.41) is 0.577. The summed E-state index contributed by atoms with van der Waals surface area (Å²) >= 11 is 0. The lowest BCUT2D eigenvalue weighted by Crippen LogP contribution is -2.10. The smallest absolute Gasteiger partial charge is 0.260 e. The fraction of sp³-hybridized carbons (Fsp3) is 0.174. The van der Waals surface area contributed by atoms with Crippen molar-refractivity contribution in [1.29, 1.82) is 0 Å². The van der Waals surface area contributed by atoms with E-state index >= 15 is 0 Å². The first-order valence-corrected chi connectivity index (χ1v) is 9.54. The number of H-pyrrole nitrogens is 2. The highest BCUT2D eigenvalue weighted by atomic mass is 16.1. The number of aromatic nitrogens is 4. The number of aryl methyl sites for hydroxylation is 1. The van der Waals surface area contributed by atoms with Gasteiger partial charge >= 0.3 is 0 Å². The molecule has 0 spiro atoms. The second kappa shape index (κ2) is 8.05. The Balaban J connectivity index is 1.65. The number of rotatable bonds is 6. The molecule has 5 nitrogen and oxygen atoms in total. The minimum Gasteiger partial charge on any atom is -0.339 e. The van der Waals surface area contributed by atoms with Crippen LogP contribution in [0.25, 0.3) is 34.4 Å². The van der Waals surface area contributed by atoms with Crippen LogP contribution >= 0.6 is 0 Å². The standard InChI is InChI=1S/C23H22N4O/c1-2-3-9-21-26-22-19(23(28)27-21)15-20(25-22)17-12-13-24-18(14-17)11-10-16-7-5-4-6-8-16/h4-8,10-15H,2-3,9H2,1H3,(H2,25,26,27,28)/b11-10+. The van der Waals surface area contributed by atoms with Crippen LogP contribution in [0.2, 0.25) is 0 Å². The third kappa shape index (κ3) is 3.93. The molecule has 140 valence electrons. The molecule has 3 heterocycles. The molecule has 0 saturated carbocycles. The van der Waals surface area contributed by atoms with Gasteiger partial charge in [-0.15, -0.1) is 0 Å². The molecule has 0 amide bonds. The minimum atomic E-state index is -0.100. The summed E-state index contributed by atoms with van der Waals surface area (Å²) in [4.78, 5) is 27.6. The fourth-order valence-corrected chi connectivity index (χ4v) is 3.14. The Bertz CT molecular complexity index is 1170. The molecule has 0 fully saturated rings. The molecule has 0 aliphatic rings. The molecule has 0 radical (unpaired) electrons. The Morgan fingerprint density at radius 1 is 1.04 bits per heavy atom. The summed E-state index contributed by atoms with van der Waals surface area (Å²) in [6.45, 7) is 2.12. The Hall–Kier alpha value is -3.47. The molecule has 5 heteroatoms. The van der Waals surface area contributed by atoms with Gasteiger partial charge in [-0.05, 0) is 36.3 Å². The number of unbranched alkanes of at least 4 members (excludes halogenated alkanes) is 1. The van der Waals surface area contributed by atoms with Crippen molar-refractivity contribution >= 4 is 23.2 Å². The van der Waals surface area contributed by atoms with Crippen LogP contribution in [0.3, 0.4) is 0 Å². The quantitative estimate of drug-likeness (QED) is 0.511. The van der Waals surface area contributed by atoms with Crippen LogP contribution in [-0.4, -0.2) is 19.9 Å². The molecular weight excluding hydrogens is 348 g/mol. The van der Waals surface area contributed by atoms with E-state index in [1.165, 1.54) is 0 Å². The van der Waals surface area contributed by atoms with Crippen molar-refractivity contribution < 1.29 is 0 Å². The van der Waals surface area contributed by atoms with Gasteiger partial charge in [-0.25, -0.2) is 4.98 Å². The predicted molar refractivity (Wildman–Crippen MR) is 114 cm³/mol. The lowest BCUT2D eigenvalue weighted by atomic mass is 10.1. The van der Waals surface area contributed by atoms with Crippen molar-refractivity contribution in [2.45, 2.75) is 26.2 Å². The third-order valence-corrected chi connectivity index (χ3v) is 4.65. The second-order valence-corrected chi connectivity index (χ2v) is 6.77. The van der Waals surface area contributed by atoms with Gasteiger partial charge < -0.3 is 9.97 Å². The highest BCUT2D eigenvalue weighted by Crippen LogP contribution is 2.22. The molecule has 28 heavy (non-hydrogen) atoms. The van der Waals surface area contributed by atoms with E-state index in [4.69, 9.17) is 0 Å². The summed E-state index contributed by atoms with van der Waals surface area (Å²) in [5.41, 5.74) is 4.33. The highest BCUT2D eigenvalue weighted by molar-refractivity contribution is 5.82. The summed E-state index contributed by atoms with van der Waals surface area (Å²) in [5.74, 6) is 0.731. The molecule has 0 saturated heterocycles. The highest BCUT2D eigenvalue weighted by Gasteiger charge is 2.10. The number of fused-ring (bicyclic) bond motifs is 1. The predicted octanol–water partition coefficient (Wildman–Crippen LogP) is 4.83. The first kappa shape index (κ1) is 17.9. The van der Waals surface area contributed by atoms with Crippen LogP contribution in [0.15, 0.2) is 59.5 Å². The van der Waals surface area contributed by atoms with Crippen molar-refractivity contribution in [2.75, 3.05) is 0 Å². The van der Waals surface area contributed by atoms with Crippen molar-refractivity contribution in [3.8, 4) is 11.3 Å². The number of pyridine rings is 1. The molecule has 4 aromatic rings. The van der Waals surface area contributed by atoms with Crippen LogP contribution < -0.4 is 5.56 Å². The van der Waals surface area contributed by atoms with E-state index < -0.39 is 0 Å². The number of nitrogens with one attached hydrogen (secondary N) is 2. The van der Waals surface area contributed by atoms with Gasteiger partial charge in [-0.3, -0.25) is 9.78 Å². The SMILES string of the molecule is CCCCc1nc2[nH]c(-c3ccnc(/C=C/c4ccccc4)c3)cc2c(=O)[nH]1. The van der Waals surface area contributed by atoms with Gasteiger partial charge in [0.05, 0.1) is 11.1 Å². The van der Waals surface area contributed by atoms with Gasteiger partial charge in [0, 0.05) is 23.9 Å². The molecule has 0 unspecified atom stereocenters. The number of hydrogen-bond donors (Lipinski definition) is 2. The van der Waals surface area contributed by atoms with E-state index in [9.17, 15) is 4.79 Å². The van der Waals surface area contributed by atoms with Crippen LogP contribution in [-0.2, 0) is 6.42 Å². The topological polar surface area (TPSA) is 74.4 Å². The van der Waals surface area contributed by atoms with Gasteiger partial charge in [0.1, 0.15) is 11.5 Å². The summed E-state index contributed by atoms with van der Waals surface area (Å²) < 4.78 is 0. The van der Waals surface area contributed by atoms with E-state index in [1.54, 1.807) is 6.20 Å². The number of benzene rings is 1. The van der Waals surface area contributed by atoms with Gasteiger partial charge in [-0.1, -0.05) is 49.8 Å². The lowest BCUT2D eigenvalue weighted by molar-refractivity contribution is 0.753. The van der Waals surface area contributed by atoms with Gasteiger partial charge in [0.2, 0.25) is 0 Å². The fourth-order valence-electron chi connectivity index (χ4n) is 3.14. The molecule has 3 aromatic heterocycles. The zero-order valence-corrected chi connectivity index (χ0v) is 15.8. The maximum absolute atomic E-state index is 12.4. The first-order chi connectivity index (χ1) is 13.7. The number of aromatic amines is 2. The van der Waals surface area contributed by atoms with Gasteiger partial charge in [-0.2, -0.15) is 0 Å². The Morgan fingerprint density at radius 2 is 1.89 bits per heavy atom. The van der Waals surface area contributed by atoms with E-state index in [0.717, 1.165) is 47.6 Å². The first-order valence-electron chi connectivity index (χ1n) is 9.54. The number of nitrogens with zero attached hydrogens (tertiary/aromatic N) is 2. The maximum atomic E-state index is 12.4. The molecule has 4 rings (SSSR count). The molecule has 0 aliphatic carbocycles. The zero-order valence-electron chi connectivity index (χ0n) is 15.8. The van der Waals surface area contributed by atoms with Gasteiger partial charge in [0.15, 0.2) is 0 Å². The van der Waals surface area contributed by atoms with Crippen LogP contribution in [0.1, 0.15) is 36.8 Å². The van der Waals surface area contributed by atoms with Crippen LogP contribution in [0, 0.1) is 0 Å². The molecule has 2 N–H and O–H groups in total. The van der Waals surface area contributed by atoms with Crippen molar-refractivity contribution in [3.63, 3.8) is 0 Å². The maximum Gasteiger partial charge on any atom is 0.260 e. The zero-order chi connectivity index (χ0) is 19.3. The van der Waals surface area contributed by atoms with Crippen molar-refractivity contribution in [2.24, 2.45) is 0 Å². The monoisotopic (exact) mass is 370 g/mol. The van der Waals surface area contributed by atoms with Crippen LogP contribution in [0.4, 0.5) is 0 Å². The summed E-state index contributed by atoms with van der Waals surface area (Å²) in [6.07, 6.45) is 8.63. The second-order valence-electron chi connectivity index (χ2n) is 6.77. The average Bonchev–Trinajstić information content (AvgIpc) is 3.17. The summed E-state index contributed by atoms with van der Waals surface area (Å²) in [7, 11) is 0. The molecule has 0 aliphatic heterocycles. The van der Waals surface area contributed by atoms with E-state index in [-0.39, 0.29) is 5.56 Å². The Kier molecular flexibility index (Phi) is 5.15. The largest absolute Gasteiger partial charge is 0.339 e. The van der Waals surface area contributed by atoms with Crippen LogP contribution in [0.5, 0.6) is 0 Å². The normalized spacial score (nSPS) is 11.5. The Morgan fingerprint density at radius 3 is 2.71 bits per heavy atom. The third-order valence-electron chi connectivity index (χ3n) is 4.65. The molecule has 1 aromatic carbocycles. The molecular formula is C23H22N4O. The molecule has 0 atom stereocenters.